The maximum atomic E-state index is 12.3. The minimum atomic E-state index is -0.294. The molecule has 3 aromatic rings. The normalized spacial score (nSPS) is 10.0. The van der Waals surface area contributed by atoms with Crippen LogP contribution in [0.1, 0.15) is 16.7 Å². The van der Waals surface area contributed by atoms with E-state index < -0.39 is 0 Å². The molecule has 0 saturated heterocycles. The molecular formula is C23H20N2O3. The number of benzene rings is 3. The Bertz CT molecular complexity index is 977. The number of aryl methyl sites for hydroxylation is 1. The summed E-state index contributed by atoms with van der Waals surface area (Å²) < 4.78 is 11.4. The third-order valence-corrected chi connectivity index (χ3v) is 4.00. The number of rotatable bonds is 7. The molecule has 0 heterocycles. The summed E-state index contributed by atoms with van der Waals surface area (Å²) in [4.78, 5) is 12.3. The highest BCUT2D eigenvalue weighted by Crippen LogP contribution is 2.26. The Kier molecular flexibility index (Phi) is 6.27. The number of ether oxygens (including phenoxy) is 2. The fourth-order valence-corrected chi connectivity index (χ4v) is 2.55. The molecule has 0 atom stereocenters. The Morgan fingerprint density at radius 3 is 2.46 bits per heavy atom. The average Bonchev–Trinajstić information content (AvgIpc) is 2.73. The zero-order valence-electron chi connectivity index (χ0n) is 15.5. The van der Waals surface area contributed by atoms with E-state index in [0.29, 0.717) is 29.4 Å². The van der Waals surface area contributed by atoms with E-state index in [1.807, 2.05) is 61.5 Å². The SMILES string of the molecule is Cc1ccc(NC(=O)COc2ccc(C#N)cc2)c(OCc2ccccc2)c1. The molecule has 1 N–H and O–H groups in total. The van der Waals surface area contributed by atoms with E-state index in [1.165, 1.54) is 0 Å². The molecule has 28 heavy (non-hydrogen) atoms. The van der Waals surface area contributed by atoms with E-state index >= 15 is 0 Å². The van der Waals surface area contributed by atoms with E-state index in [2.05, 4.69) is 5.32 Å². The zero-order valence-corrected chi connectivity index (χ0v) is 15.5. The molecule has 0 saturated carbocycles. The molecule has 0 spiro atoms. The van der Waals surface area contributed by atoms with Crippen molar-refractivity contribution < 1.29 is 14.3 Å². The average molecular weight is 372 g/mol. The number of anilines is 1. The van der Waals surface area contributed by atoms with Crippen LogP contribution in [-0.2, 0) is 11.4 Å². The summed E-state index contributed by atoms with van der Waals surface area (Å²) in [6.07, 6.45) is 0. The molecule has 0 unspecified atom stereocenters. The van der Waals surface area contributed by atoms with Crippen LogP contribution in [0.3, 0.4) is 0 Å². The van der Waals surface area contributed by atoms with Gasteiger partial charge in [-0.25, -0.2) is 0 Å². The minimum absolute atomic E-state index is 0.141. The quantitative estimate of drug-likeness (QED) is 0.664. The highest BCUT2D eigenvalue weighted by molar-refractivity contribution is 5.93. The second-order valence-corrected chi connectivity index (χ2v) is 6.25. The van der Waals surface area contributed by atoms with Gasteiger partial charge in [0.2, 0.25) is 0 Å². The molecule has 0 aromatic heterocycles. The first kappa shape index (κ1) is 19.0. The summed E-state index contributed by atoms with van der Waals surface area (Å²) in [5, 5.41) is 11.6. The zero-order chi connectivity index (χ0) is 19.8. The molecule has 0 radical (unpaired) electrons. The van der Waals surface area contributed by atoms with Crippen molar-refractivity contribution in [1.29, 1.82) is 5.26 Å². The van der Waals surface area contributed by atoms with Gasteiger partial charge in [0.15, 0.2) is 6.61 Å². The van der Waals surface area contributed by atoms with Gasteiger partial charge in [0.1, 0.15) is 18.1 Å². The second kappa shape index (κ2) is 9.24. The molecule has 0 bridgehead atoms. The lowest BCUT2D eigenvalue weighted by atomic mass is 10.2. The Labute approximate surface area is 164 Å². The van der Waals surface area contributed by atoms with Crippen molar-refractivity contribution in [3.63, 3.8) is 0 Å². The number of nitriles is 1. The monoisotopic (exact) mass is 372 g/mol. The van der Waals surface area contributed by atoms with E-state index in [0.717, 1.165) is 11.1 Å². The van der Waals surface area contributed by atoms with Crippen molar-refractivity contribution in [3.05, 3.63) is 89.5 Å². The second-order valence-electron chi connectivity index (χ2n) is 6.25. The molecule has 5 heteroatoms. The number of carbonyl (C=O) groups excluding carboxylic acids is 1. The van der Waals surface area contributed by atoms with E-state index in [4.69, 9.17) is 14.7 Å². The van der Waals surface area contributed by atoms with Crippen LogP contribution in [0.5, 0.6) is 11.5 Å². The topological polar surface area (TPSA) is 71.3 Å². The molecule has 5 nitrogen and oxygen atoms in total. The predicted octanol–water partition coefficient (Wildman–Crippen LogP) is 4.46. The molecule has 0 fully saturated rings. The van der Waals surface area contributed by atoms with E-state index in [9.17, 15) is 4.79 Å². The number of carbonyl (C=O) groups is 1. The van der Waals surface area contributed by atoms with Crippen molar-refractivity contribution in [3.8, 4) is 17.6 Å². The van der Waals surface area contributed by atoms with Gasteiger partial charge in [-0.3, -0.25) is 4.79 Å². The summed E-state index contributed by atoms with van der Waals surface area (Å²) in [5.41, 5.74) is 3.21. The largest absolute Gasteiger partial charge is 0.487 e. The van der Waals surface area contributed by atoms with Gasteiger partial charge in [-0.2, -0.15) is 5.26 Å². The summed E-state index contributed by atoms with van der Waals surface area (Å²) in [5.74, 6) is 0.840. The van der Waals surface area contributed by atoms with Crippen molar-refractivity contribution in [2.75, 3.05) is 11.9 Å². The number of hydrogen-bond acceptors (Lipinski definition) is 4. The van der Waals surface area contributed by atoms with Gasteiger partial charge >= 0.3 is 0 Å². The molecule has 140 valence electrons. The van der Waals surface area contributed by atoms with Crippen LogP contribution >= 0.6 is 0 Å². The van der Waals surface area contributed by atoms with Crippen molar-refractivity contribution in [2.24, 2.45) is 0 Å². The van der Waals surface area contributed by atoms with Crippen LogP contribution in [0.4, 0.5) is 5.69 Å². The Balaban J connectivity index is 1.60. The van der Waals surface area contributed by atoms with E-state index in [-0.39, 0.29) is 12.5 Å². The third kappa shape index (κ3) is 5.36. The lowest BCUT2D eigenvalue weighted by Crippen LogP contribution is -2.20. The predicted molar refractivity (Wildman–Crippen MR) is 107 cm³/mol. The van der Waals surface area contributed by atoms with Gasteiger partial charge in [-0.15, -0.1) is 0 Å². The molecule has 0 aliphatic heterocycles. The van der Waals surface area contributed by atoms with Crippen molar-refractivity contribution in [2.45, 2.75) is 13.5 Å². The lowest BCUT2D eigenvalue weighted by Gasteiger charge is -2.14. The van der Waals surface area contributed by atoms with Gasteiger partial charge in [-0.1, -0.05) is 36.4 Å². The standard InChI is InChI=1S/C23H20N2O3/c1-17-7-12-21(22(13-17)28-15-19-5-3-2-4-6-19)25-23(26)16-27-20-10-8-18(14-24)9-11-20/h2-13H,15-16H2,1H3,(H,25,26). The third-order valence-electron chi connectivity index (χ3n) is 4.00. The smallest absolute Gasteiger partial charge is 0.262 e. The summed E-state index contributed by atoms with van der Waals surface area (Å²) in [6.45, 7) is 2.24. The molecule has 0 aliphatic rings. The highest BCUT2D eigenvalue weighted by atomic mass is 16.5. The van der Waals surface area contributed by atoms with Crippen LogP contribution in [-0.4, -0.2) is 12.5 Å². The van der Waals surface area contributed by atoms with Gasteiger partial charge < -0.3 is 14.8 Å². The summed E-state index contributed by atoms with van der Waals surface area (Å²) >= 11 is 0. The van der Waals surface area contributed by atoms with Crippen molar-refractivity contribution >= 4 is 11.6 Å². The van der Waals surface area contributed by atoms with Crippen LogP contribution in [0.25, 0.3) is 0 Å². The molecule has 3 rings (SSSR count). The first-order valence-electron chi connectivity index (χ1n) is 8.84. The maximum Gasteiger partial charge on any atom is 0.262 e. The molecule has 0 aliphatic carbocycles. The Hall–Kier alpha value is -3.78. The van der Waals surface area contributed by atoms with Crippen LogP contribution in [0.15, 0.2) is 72.8 Å². The summed E-state index contributed by atoms with van der Waals surface area (Å²) in [6, 6.07) is 24.1. The fraction of sp³-hybridized carbons (Fsp3) is 0.130. The van der Waals surface area contributed by atoms with Crippen LogP contribution in [0.2, 0.25) is 0 Å². The molecular weight excluding hydrogens is 352 g/mol. The highest BCUT2D eigenvalue weighted by Gasteiger charge is 2.10. The molecule has 1 amide bonds. The lowest BCUT2D eigenvalue weighted by molar-refractivity contribution is -0.118. The molecule has 3 aromatic carbocycles. The Morgan fingerprint density at radius 2 is 1.75 bits per heavy atom. The van der Waals surface area contributed by atoms with Crippen LogP contribution < -0.4 is 14.8 Å². The fourth-order valence-electron chi connectivity index (χ4n) is 2.55. The first-order chi connectivity index (χ1) is 13.6. The van der Waals surface area contributed by atoms with Crippen LogP contribution in [0, 0.1) is 18.3 Å². The minimum Gasteiger partial charge on any atom is -0.487 e. The van der Waals surface area contributed by atoms with Gasteiger partial charge in [-0.05, 0) is 54.4 Å². The van der Waals surface area contributed by atoms with Gasteiger partial charge in [0, 0.05) is 0 Å². The Morgan fingerprint density at radius 1 is 1.00 bits per heavy atom. The van der Waals surface area contributed by atoms with Gasteiger partial charge in [0.25, 0.3) is 5.91 Å². The number of hydrogen-bond donors (Lipinski definition) is 1. The number of nitrogens with one attached hydrogen (secondary N) is 1. The summed E-state index contributed by atoms with van der Waals surface area (Å²) in [7, 11) is 0. The maximum absolute atomic E-state index is 12.3. The first-order valence-corrected chi connectivity index (χ1v) is 8.84. The van der Waals surface area contributed by atoms with Gasteiger partial charge in [0.05, 0.1) is 17.3 Å². The number of nitrogens with zero attached hydrogens (tertiary/aromatic N) is 1. The van der Waals surface area contributed by atoms with E-state index in [1.54, 1.807) is 24.3 Å². The van der Waals surface area contributed by atoms with Crippen molar-refractivity contribution in [1.82, 2.24) is 0 Å². The number of amides is 1.